The van der Waals surface area contributed by atoms with Gasteiger partial charge in [-0.15, -0.1) is 0 Å². The third-order valence-electron chi connectivity index (χ3n) is 3.06. The molecule has 0 spiro atoms. The summed E-state index contributed by atoms with van der Waals surface area (Å²) in [7, 11) is 0. The van der Waals surface area contributed by atoms with E-state index < -0.39 is 17.6 Å². The van der Waals surface area contributed by atoms with Crippen LogP contribution < -0.4 is 5.73 Å². The maximum absolute atomic E-state index is 10.7. The van der Waals surface area contributed by atoms with E-state index in [1.165, 1.54) is 6.42 Å². The van der Waals surface area contributed by atoms with E-state index in [1.54, 1.807) is 0 Å². The topological polar surface area (TPSA) is 83.5 Å². The molecular weight excluding hydrogens is 182 g/mol. The Labute approximate surface area is 84.1 Å². The van der Waals surface area contributed by atoms with Crippen LogP contribution in [0.5, 0.6) is 0 Å². The van der Waals surface area contributed by atoms with Gasteiger partial charge in [0, 0.05) is 0 Å². The molecule has 4 N–H and O–H groups in total. The molecule has 0 bridgehead atoms. The maximum Gasteiger partial charge on any atom is 0.334 e. The van der Waals surface area contributed by atoms with Crippen molar-refractivity contribution in [1.82, 2.24) is 0 Å². The molecule has 0 aromatic carbocycles. The molecule has 14 heavy (non-hydrogen) atoms. The van der Waals surface area contributed by atoms with Crippen LogP contribution in [0.3, 0.4) is 0 Å². The molecule has 0 radical (unpaired) electrons. The van der Waals surface area contributed by atoms with Gasteiger partial charge in [-0.2, -0.15) is 0 Å². The Morgan fingerprint density at radius 3 is 2.00 bits per heavy atom. The summed E-state index contributed by atoms with van der Waals surface area (Å²) in [6.07, 6.45) is 5.01. The van der Waals surface area contributed by atoms with Gasteiger partial charge in [0.25, 0.3) is 0 Å². The summed E-state index contributed by atoms with van der Waals surface area (Å²) in [5, 5.41) is 18.2. The van der Waals surface area contributed by atoms with Gasteiger partial charge in [0.1, 0.15) is 0 Å². The number of carboxylic acids is 1. The Kier molecular flexibility index (Phi) is 3.89. The second-order valence-corrected chi connectivity index (χ2v) is 4.24. The Bertz CT molecular complexity index is 198. The molecule has 1 unspecified atom stereocenters. The van der Waals surface area contributed by atoms with Gasteiger partial charge in [-0.25, -0.2) is 4.79 Å². The minimum Gasteiger partial charge on any atom is -0.479 e. The molecule has 1 atom stereocenters. The van der Waals surface area contributed by atoms with E-state index in [0.29, 0.717) is 12.8 Å². The highest BCUT2D eigenvalue weighted by Gasteiger charge is 2.37. The molecule has 1 aliphatic carbocycles. The monoisotopic (exact) mass is 201 g/mol. The number of aliphatic hydroxyl groups excluding tert-OH is 1. The summed E-state index contributed by atoms with van der Waals surface area (Å²) < 4.78 is 0. The highest BCUT2D eigenvalue weighted by molar-refractivity contribution is 5.73. The lowest BCUT2D eigenvalue weighted by Crippen LogP contribution is -2.54. The van der Waals surface area contributed by atoms with Gasteiger partial charge in [-0.1, -0.05) is 32.1 Å². The van der Waals surface area contributed by atoms with Gasteiger partial charge in [0.05, 0.1) is 5.54 Å². The fourth-order valence-corrected chi connectivity index (χ4v) is 2.08. The van der Waals surface area contributed by atoms with E-state index in [0.717, 1.165) is 25.7 Å². The molecule has 0 aromatic heterocycles. The van der Waals surface area contributed by atoms with Crippen molar-refractivity contribution in [1.29, 1.82) is 0 Å². The van der Waals surface area contributed by atoms with Crippen molar-refractivity contribution in [3.63, 3.8) is 0 Å². The number of nitrogens with two attached hydrogens (primary N) is 1. The molecule has 1 aliphatic rings. The van der Waals surface area contributed by atoms with Gasteiger partial charge in [0.2, 0.25) is 0 Å². The van der Waals surface area contributed by atoms with Crippen LogP contribution in [0, 0.1) is 0 Å². The molecule has 4 nitrogen and oxygen atoms in total. The maximum atomic E-state index is 10.7. The third kappa shape index (κ3) is 2.69. The number of carboxylic acid groups (broad SMARTS) is 1. The van der Waals surface area contributed by atoms with E-state index in [2.05, 4.69) is 0 Å². The number of aliphatic carboxylic acids is 1. The molecule has 1 fully saturated rings. The minimum absolute atomic E-state index is 0.612. The summed E-state index contributed by atoms with van der Waals surface area (Å²) in [5.74, 6) is -1.20. The highest BCUT2D eigenvalue weighted by atomic mass is 16.4. The Hall–Kier alpha value is -0.610. The first-order valence-electron chi connectivity index (χ1n) is 5.26. The number of rotatable bonds is 2. The largest absolute Gasteiger partial charge is 0.479 e. The molecule has 1 rings (SSSR count). The fourth-order valence-electron chi connectivity index (χ4n) is 2.08. The molecule has 0 amide bonds. The van der Waals surface area contributed by atoms with E-state index in [4.69, 9.17) is 10.8 Å². The first kappa shape index (κ1) is 11.5. The number of carbonyl (C=O) groups is 1. The lowest BCUT2D eigenvalue weighted by molar-refractivity contribution is -0.151. The van der Waals surface area contributed by atoms with E-state index in [1.807, 2.05) is 0 Å². The van der Waals surface area contributed by atoms with E-state index in [-0.39, 0.29) is 0 Å². The minimum atomic E-state index is -1.42. The smallest absolute Gasteiger partial charge is 0.334 e. The molecule has 0 aromatic rings. The Balaban J connectivity index is 2.62. The average molecular weight is 201 g/mol. The molecule has 1 saturated carbocycles. The zero-order chi connectivity index (χ0) is 10.6. The van der Waals surface area contributed by atoms with Crippen LogP contribution in [0.4, 0.5) is 0 Å². The first-order valence-corrected chi connectivity index (χ1v) is 5.26. The van der Waals surface area contributed by atoms with Crippen LogP contribution in [-0.4, -0.2) is 27.8 Å². The van der Waals surface area contributed by atoms with Crippen molar-refractivity contribution in [2.45, 2.75) is 56.6 Å². The molecular formula is C10H19NO3. The number of hydrogen-bond donors (Lipinski definition) is 3. The summed E-state index contributed by atoms with van der Waals surface area (Å²) in [6.45, 7) is 0. The third-order valence-corrected chi connectivity index (χ3v) is 3.06. The zero-order valence-electron chi connectivity index (χ0n) is 8.41. The Morgan fingerprint density at radius 1 is 1.14 bits per heavy atom. The van der Waals surface area contributed by atoms with Crippen LogP contribution in [0.25, 0.3) is 0 Å². The van der Waals surface area contributed by atoms with E-state index in [9.17, 15) is 9.90 Å². The van der Waals surface area contributed by atoms with Crippen LogP contribution >= 0.6 is 0 Å². The second-order valence-electron chi connectivity index (χ2n) is 4.24. The van der Waals surface area contributed by atoms with Gasteiger partial charge in [-0.3, -0.25) is 0 Å². The Morgan fingerprint density at radius 2 is 1.57 bits per heavy atom. The van der Waals surface area contributed by atoms with Crippen LogP contribution in [0.1, 0.15) is 44.9 Å². The van der Waals surface area contributed by atoms with Crippen LogP contribution in [0.2, 0.25) is 0 Å². The SMILES string of the molecule is NC1(C(O)C(=O)O)CCCCCCC1. The van der Waals surface area contributed by atoms with Crippen molar-refractivity contribution < 1.29 is 15.0 Å². The fraction of sp³-hybridized carbons (Fsp3) is 0.900. The predicted octanol–water partition coefficient (Wildman–Crippen LogP) is 0.874. The van der Waals surface area contributed by atoms with Crippen LogP contribution in [0.15, 0.2) is 0 Å². The number of aliphatic hydroxyl groups is 1. The summed E-state index contributed by atoms with van der Waals surface area (Å²) >= 11 is 0. The van der Waals surface area contributed by atoms with Crippen molar-refractivity contribution in [2.24, 2.45) is 5.73 Å². The zero-order valence-corrected chi connectivity index (χ0v) is 8.41. The lowest BCUT2D eigenvalue weighted by atomic mass is 9.80. The van der Waals surface area contributed by atoms with Crippen molar-refractivity contribution in [2.75, 3.05) is 0 Å². The normalized spacial score (nSPS) is 24.7. The molecule has 0 aliphatic heterocycles. The second kappa shape index (κ2) is 4.75. The number of hydrogen-bond acceptors (Lipinski definition) is 3. The van der Waals surface area contributed by atoms with Gasteiger partial charge < -0.3 is 15.9 Å². The quantitative estimate of drug-likeness (QED) is 0.619. The van der Waals surface area contributed by atoms with Crippen molar-refractivity contribution >= 4 is 5.97 Å². The van der Waals surface area contributed by atoms with Crippen molar-refractivity contribution in [3.8, 4) is 0 Å². The summed E-state index contributed by atoms with van der Waals surface area (Å²) in [6, 6.07) is 0. The molecule has 4 heteroatoms. The summed E-state index contributed by atoms with van der Waals surface area (Å²) in [4.78, 5) is 10.7. The first-order chi connectivity index (χ1) is 6.56. The molecule has 0 saturated heterocycles. The van der Waals surface area contributed by atoms with Crippen molar-refractivity contribution in [3.05, 3.63) is 0 Å². The standard InChI is InChI=1S/C10H19NO3/c11-10(8(12)9(13)14)6-4-2-1-3-5-7-10/h8,12H,1-7,11H2,(H,13,14). The van der Waals surface area contributed by atoms with Gasteiger partial charge in [0.15, 0.2) is 6.10 Å². The lowest BCUT2D eigenvalue weighted by Gasteiger charge is -2.33. The van der Waals surface area contributed by atoms with Gasteiger partial charge >= 0.3 is 5.97 Å². The van der Waals surface area contributed by atoms with Crippen LogP contribution in [-0.2, 0) is 4.79 Å². The van der Waals surface area contributed by atoms with Gasteiger partial charge in [-0.05, 0) is 12.8 Å². The average Bonchev–Trinajstić information content (AvgIpc) is 2.10. The highest BCUT2D eigenvalue weighted by Crippen LogP contribution is 2.27. The molecule has 82 valence electrons. The summed E-state index contributed by atoms with van der Waals surface area (Å²) in [5.41, 5.74) is 5.03. The predicted molar refractivity (Wildman–Crippen MR) is 52.9 cm³/mol. The molecule has 0 heterocycles. The van der Waals surface area contributed by atoms with E-state index >= 15 is 0 Å².